The first-order valence-corrected chi connectivity index (χ1v) is 12.3. The topological polar surface area (TPSA) is 67.4 Å². The molecule has 8 heteroatoms. The number of rotatable bonds is 11. The molecule has 0 bridgehead atoms. The van der Waals surface area contributed by atoms with Crippen LogP contribution in [0.1, 0.15) is 58.9 Å². The molecule has 2 N–H and O–H groups in total. The van der Waals surface area contributed by atoms with Crippen molar-refractivity contribution in [2.24, 2.45) is 4.99 Å². The summed E-state index contributed by atoms with van der Waals surface area (Å²) in [5.41, 5.74) is 1.21. The Morgan fingerprint density at radius 3 is 2.55 bits per heavy atom. The van der Waals surface area contributed by atoms with Crippen LogP contribution in [0.25, 0.3) is 0 Å². The van der Waals surface area contributed by atoms with E-state index in [1.807, 2.05) is 6.07 Å². The Morgan fingerprint density at radius 2 is 1.85 bits per heavy atom. The third kappa shape index (κ3) is 7.89. The first-order valence-electron chi connectivity index (χ1n) is 12.3. The Labute approximate surface area is 217 Å². The van der Waals surface area contributed by atoms with Crippen LogP contribution >= 0.6 is 24.0 Å². The summed E-state index contributed by atoms with van der Waals surface area (Å²) < 4.78 is 16.9. The number of hydrogen-bond donors (Lipinski definition) is 2. The second-order valence-electron chi connectivity index (χ2n) is 8.87. The zero-order chi connectivity index (χ0) is 22.8. The molecule has 2 aliphatic heterocycles. The summed E-state index contributed by atoms with van der Waals surface area (Å²) in [5, 5.41) is 7.06. The van der Waals surface area contributed by atoms with Crippen LogP contribution in [-0.2, 0) is 10.2 Å². The largest absolute Gasteiger partial charge is 0.454 e. The number of hydrogen-bond acceptors (Lipinski definition) is 5. The van der Waals surface area contributed by atoms with Gasteiger partial charge in [0.05, 0.1) is 6.54 Å². The van der Waals surface area contributed by atoms with Gasteiger partial charge in [0.25, 0.3) is 0 Å². The maximum Gasteiger partial charge on any atom is 0.231 e. The second-order valence-corrected chi connectivity index (χ2v) is 8.87. The summed E-state index contributed by atoms with van der Waals surface area (Å²) >= 11 is 0. The van der Waals surface area contributed by atoms with Gasteiger partial charge in [0, 0.05) is 31.2 Å². The van der Waals surface area contributed by atoms with Crippen molar-refractivity contribution in [3.05, 3.63) is 23.8 Å². The zero-order valence-corrected chi connectivity index (χ0v) is 23.2. The Kier molecular flexibility index (Phi) is 12.0. The number of benzene rings is 1. The van der Waals surface area contributed by atoms with Crippen LogP contribution in [0.2, 0.25) is 0 Å². The van der Waals surface area contributed by atoms with E-state index in [2.05, 4.69) is 55.4 Å². The quantitative estimate of drug-likeness (QED) is 0.235. The Bertz CT molecular complexity index is 736. The molecule has 33 heavy (non-hydrogen) atoms. The maximum absolute atomic E-state index is 5.70. The first-order chi connectivity index (χ1) is 15.6. The molecule has 2 aliphatic rings. The number of nitrogens with one attached hydrogen (secondary N) is 2. The van der Waals surface area contributed by atoms with Crippen molar-refractivity contribution in [3.8, 4) is 11.5 Å². The predicted octanol–water partition coefficient (Wildman–Crippen LogP) is 4.15. The Balaban J connectivity index is 0.00000385. The van der Waals surface area contributed by atoms with Crippen molar-refractivity contribution < 1.29 is 14.2 Å². The highest BCUT2D eigenvalue weighted by Crippen LogP contribution is 2.41. The molecule has 1 unspecified atom stereocenters. The van der Waals surface area contributed by atoms with E-state index in [1.54, 1.807) is 0 Å². The van der Waals surface area contributed by atoms with Gasteiger partial charge in [-0.2, -0.15) is 0 Å². The van der Waals surface area contributed by atoms with Gasteiger partial charge in [0.15, 0.2) is 17.5 Å². The van der Waals surface area contributed by atoms with E-state index in [-0.39, 0.29) is 29.4 Å². The second kappa shape index (κ2) is 14.2. The lowest BCUT2D eigenvalue weighted by molar-refractivity contribution is 0.0530. The molecule has 3 rings (SSSR count). The molecule has 7 nitrogen and oxygen atoms in total. The molecule has 188 valence electrons. The fourth-order valence-electron chi connectivity index (χ4n) is 4.54. The van der Waals surface area contributed by atoms with Gasteiger partial charge in [-0.25, -0.2) is 0 Å². The normalized spacial score (nSPS) is 18.0. The molecule has 0 aliphatic carbocycles. The van der Waals surface area contributed by atoms with Crippen LogP contribution in [0.15, 0.2) is 23.2 Å². The molecule has 1 atom stereocenters. The lowest BCUT2D eigenvalue weighted by Crippen LogP contribution is -2.44. The number of halogens is 1. The maximum atomic E-state index is 5.70. The predicted molar refractivity (Wildman–Crippen MR) is 145 cm³/mol. The van der Waals surface area contributed by atoms with E-state index in [4.69, 9.17) is 19.2 Å². The summed E-state index contributed by atoms with van der Waals surface area (Å²) in [6.07, 6.45) is 4.22. The number of ether oxygens (including phenoxy) is 3. The van der Waals surface area contributed by atoms with Crippen molar-refractivity contribution >= 4 is 29.9 Å². The Morgan fingerprint density at radius 1 is 1.12 bits per heavy atom. The molecule has 2 heterocycles. The minimum Gasteiger partial charge on any atom is -0.454 e. The highest BCUT2D eigenvalue weighted by atomic mass is 127. The van der Waals surface area contributed by atoms with Gasteiger partial charge < -0.3 is 29.7 Å². The van der Waals surface area contributed by atoms with Gasteiger partial charge in [0.2, 0.25) is 6.79 Å². The van der Waals surface area contributed by atoms with E-state index in [0.717, 1.165) is 82.7 Å². The monoisotopic (exact) mass is 574 g/mol. The molecule has 0 saturated carbocycles. The van der Waals surface area contributed by atoms with Crippen molar-refractivity contribution in [1.29, 1.82) is 0 Å². The molecular formula is C25H43IN4O3. The standard InChI is InChI=1S/C25H42N4O3.HI/c1-5-26-24(28-20(4)9-8-14-29(6-2)7-3)27-18-25(12-15-30-16-13-25)21-10-11-22-23(17-21)32-19-31-22;/h10-11,17,20H,5-9,12-16,18-19H2,1-4H3,(H2,26,27,28);1H. The van der Waals surface area contributed by atoms with Crippen molar-refractivity contribution in [3.63, 3.8) is 0 Å². The van der Waals surface area contributed by atoms with Crippen molar-refractivity contribution in [2.45, 2.75) is 64.8 Å². The molecule has 1 aromatic carbocycles. The molecule has 0 aromatic heterocycles. The van der Waals surface area contributed by atoms with Gasteiger partial charge in [-0.05, 0) is 76.9 Å². The molecular weight excluding hydrogens is 531 g/mol. The van der Waals surface area contributed by atoms with E-state index in [9.17, 15) is 0 Å². The smallest absolute Gasteiger partial charge is 0.231 e. The number of nitrogens with zero attached hydrogens (tertiary/aromatic N) is 2. The highest BCUT2D eigenvalue weighted by Gasteiger charge is 2.35. The molecule has 1 aromatic rings. The van der Waals surface area contributed by atoms with Crippen LogP contribution in [0, 0.1) is 0 Å². The third-order valence-corrected chi connectivity index (χ3v) is 6.71. The molecule has 0 radical (unpaired) electrons. The minimum atomic E-state index is -0.0480. The zero-order valence-electron chi connectivity index (χ0n) is 20.8. The van der Waals surface area contributed by atoms with Crippen molar-refractivity contribution in [1.82, 2.24) is 15.5 Å². The van der Waals surface area contributed by atoms with Crippen molar-refractivity contribution in [2.75, 3.05) is 52.7 Å². The van der Waals surface area contributed by atoms with Crippen LogP contribution in [-0.4, -0.2) is 69.6 Å². The first kappa shape index (κ1) is 28.0. The summed E-state index contributed by atoms with van der Waals surface area (Å²) in [5.74, 6) is 2.56. The van der Waals surface area contributed by atoms with Crippen LogP contribution in [0.3, 0.4) is 0 Å². The SMILES string of the molecule is CCNC(=NCC1(c2ccc3c(c2)OCO3)CCOCC1)NC(C)CCCN(CC)CC.I. The van der Waals surface area contributed by atoms with E-state index in [0.29, 0.717) is 12.8 Å². The average molecular weight is 575 g/mol. The highest BCUT2D eigenvalue weighted by molar-refractivity contribution is 14.0. The van der Waals surface area contributed by atoms with E-state index < -0.39 is 0 Å². The summed E-state index contributed by atoms with van der Waals surface area (Å²) in [4.78, 5) is 7.53. The number of fused-ring (bicyclic) bond motifs is 1. The van der Waals surface area contributed by atoms with Gasteiger partial charge in [-0.3, -0.25) is 4.99 Å². The summed E-state index contributed by atoms with van der Waals surface area (Å²) in [6, 6.07) is 6.71. The molecule has 0 spiro atoms. The fourth-order valence-corrected chi connectivity index (χ4v) is 4.54. The summed E-state index contributed by atoms with van der Waals surface area (Å²) in [7, 11) is 0. The lowest BCUT2D eigenvalue weighted by atomic mass is 9.74. The van der Waals surface area contributed by atoms with Gasteiger partial charge in [0.1, 0.15) is 0 Å². The van der Waals surface area contributed by atoms with Gasteiger partial charge in [-0.1, -0.05) is 19.9 Å². The molecule has 1 saturated heterocycles. The van der Waals surface area contributed by atoms with E-state index in [1.165, 1.54) is 12.0 Å². The third-order valence-electron chi connectivity index (χ3n) is 6.71. The summed E-state index contributed by atoms with van der Waals surface area (Å²) in [6.45, 7) is 15.6. The van der Waals surface area contributed by atoms with Crippen LogP contribution in [0.4, 0.5) is 0 Å². The fraction of sp³-hybridized carbons (Fsp3) is 0.720. The van der Waals surface area contributed by atoms with Crippen LogP contribution in [0.5, 0.6) is 11.5 Å². The number of aliphatic imine (C=N–C) groups is 1. The average Bonchev–Trinajstić information content (AvgIpc) is 3.29. The Hall–Kier alpha value is -1.26. The number of guanidine groups is 1. The van der Waals surface area contributed by atoms with Crippen LogP contribution < -0.4 is 20.1 Å². The minimum absolute atomic E-state index is 0. The van der Waals surface area contributed by atoms with E-state index >= 15 is 0 Å². The molecule has 0 amide bonds. The van der Waals surface area contributed by atoms with Gasteiger partial charge in [-0.15, -0.1) is 24.0 Å². The lowest BCUT2D eigenvalue weighted by Gasteiger charge is -2.37. The van der Waals surface area contributed by atoms with Gasteiger partial charge >= 0.3 is 0 Å². The molecule has 1 fully saturated rings.